The van der Waals surface area contributed by atoms with E-state index in [1.165, 1.54) is 128 Å². The minimum atomic E-state index is 0.831. The van der Waals surface area contributed by atoms with Gasteiger partial charge in [0.25, 0.3) is 0 Å². The lowest BCUT2D eigenvalue weighted by Crippen LogP contribution is -1.91. The molecule has 0 saturated heterocycles. The predicted octanol–water partition coefficient (Wildman–Crippen LogP) is 10.4. The van der Waals surface area contributed by atoms with Crippen LogP contribution in [0.5, 0.6) is 0 Å². The van der Waals surface area contributed by atoms with Gasteiger partial charge in [-0.1, -0.05) is 148 Å². The zero-order valence-electron chi connectivity index (χ0n) is 19.7. The van der Waals surface area contributed by atoms with Crippen molar-refractivity contribution in [2.45, 2.75) is 148 Å². The molecule has 28 heavy (non-hydrogen) atoms. The first kappa shape index (κ1) is 27.7. The van der Waals surface area contributed by atoms with Gasteiger partial charge in [-0.15, -0.1) is 0 Å². The molecular formula is C28H54. The van der Waals surface area contributed by atoms with Gasteiger partial charge in [-0.05, 0) is 31.6 Å². The number of rotatable bonds is 23. The third-order valence-electron chi connectivity index (χ3n) is 6.10. The van der Waals surface area contributed by atoms with Crippen LogP contribution in [0.15, 0.2) is 12.2 Å². The maximum atomic E-state index is 3.99. The van der Waals surface area contributed by atoms with Crippen molar-refractivity contribution in [3.8, 4) is 0 Å². The molecule has 0 bridgehead atoms. The molecule has 0 spiro atoms. The zero-order valence-corrected chi connectivity index (χ0v) is 19.7. The number of allylic oxidation sites excluding steroid dienone is 2. The van der Waals surface area contributed by atoms with Crippen LogP contribution in [0.4, 0.5) is 0 Å². The predicted molar refractivity (Wildman–Crippen MR) is 131 cm³/mol. The van der Waals surface area contributed by atoms with Crippen molar-refractivity contribution in [2.24, 2.45) is 5.92 Å². The number of hydrogen-bond acceptors (Lipinski definition) is 0. The standard InChI is InChI=1S/C28H54/c1-4-6-7-8-9-10-11-12-13-14-15-16-17-18-19-20-21-22-23-24-25-26-27-28(3)5-2/h15-16,28H,1-2,4-14,17-27H2,3H3. The van der Waals surface area contributed by atoms with Gasteiger partial charge in [0, 0.05) is 0 Å². The molecule has 2 radical (unpaired) electrons. The fraction of sp³-hybridized carbons (Fsp3) is 0.857. The van der Waals surface area contributed by atoms with Crippen LogP contribution in [-0.2, 0) is 0 Å². The summed E-state index contributed by atoms with van der Waals surface area (Å²) in [5, 5.41) is 0. The summed E-state index contributed by atoms with van der Waals surface area (Å²) in [5.74, 6) is 0.831. The van der Waals surface area contributed by atoms with E-state index in [4.69, 9.17) is 0 Å². The number of hydrogen-bond donors (Lipinski definition) is 0. The Morgan fingerprint density at radius 1 is 0.500 bits per heavy atom. The highest BCUT2D eigenvalue weighted by Gasteiger charge is 1.98. The van der Waals surface area contributed by atoms with Crippen LogP contribution in [0.1, 0.15) is 148 Å². The Morgan fingerprint density at radius 2 is 0.857 bits per heavy atom. The summed E-state index contributed by atoms with van der Waals surface area (Å²) in [6, 6.07) is 0. The van der Waals surface area contributed by atoms with Gasteiger partial charge in [-0.25, -0.2) is 0 Å². The summed E-state index contributed by atoms with van der Waals surface area (Å²) >= 11 is 0. The van der Waals surface area contributed by atoms with Crippen LogP contribution in [-0.4, -0.2) is 0 Å². The van der Waals surface area contributed by atoms with Gasteiger partial charge in [0.15, 0.2) is 0 Å². The maximum absolute atomic E-state index is 3.99. The molecule has 1 atom stereocenters. The van der Waals surface area contributed by atoms with Crippen molar-refractivity contribution in [2.75, 3.05) is 0 Å². The molecule has 0 saturated carbocycles. The lowest BCUT2D eigenvalue weighted by atomic mass is 9.99. The first-order valence-corrected chi connectivity index (χ1v) is 13.0. The summed E-state index contributed by atoms with van der Waals surface area (Å²) in [6.07, 6.45) is 35.3. The molecule has 0 heterocycles. The first-order chi connectivity index (χ1) is 13.8. The van der Waals surface area contributed by atoms with Crippen LogP contribution in [0.3, 0.4) is 0 Å². The molecule has 0 aliphatic heterocycles. The smallest absolute Gasteiger partial charge is 0.0351 e. The van der Waals surface area contributed by atoms with Gasteiger partial charge in [0.2, 0.25) is 0 Å². The Labute approximate surface area is 180 Å². The lowest BCUT2D eigenvalue weighted by molar-refractivity contribution is 0.482. The van der Waals surface area contributed by atoms with E-state index in [1.54, 1.807) is 0 Å². The van der Waals surface area contributed by atoms with E-state index in [2.05, 4.69) is 32.9 Å². The van der Waals surface area contributed by atoms with Crippen molar-refractivity contribution >= 4 is 0 Å². The van der Waals surface area contributed by atoms with Gasteiger partial charge >= 0.3 is 0 Å². The lowest BCUT2D eigenvalue weighted by Gasteiger charge is -2.07. The Balaban J connectivity index is 3.08. The SMILES string of the molecule is [CH2]CCCCCCCCCCC=CCCCCCCCCCCCC(C)C[CH2]. The highest BCUT2D eigenvalue weighted by atomic mass is 14.0. The summed E-state index contributed by atoms with van der Waals surface area (Å²) in [7, 11) is 0. The molecule has 0 aromatic heterocycles. The second kappa shape index (κ2) is 24.8. The summed E-state index contributed by atoms with van der Waals surface area (Å²) < 4.78 is 0. The molecule has 0 rings (SSSR count). The molecule has 0 heteroatoms. The Bertz CT molecular complexity index is 290. The molecule has 1 unspecified atom stereocenters. The van der Waals surface area contributed by atoms with E-state index < -0.39 is 0 Å². The fourth-order valence-electron chi connectivity index (χ4n) is 3.87. The van der Waals surface area contributed by atoms with E-state index in [-0.39, 0.29) is 0 Å². The molecule has 0 aliphatic rings. The monoisotopic (exact) mass is 390 g/mol. The molecule has 166 valence electrons. The van der Waals surface area contributed by atoms with Crippen molar-refractivity contribution in [3.63, 3.8) is 0 Å². The van der Waals surface area contributed by atoms with Gasteiger partial charge < -0.3 is 0 Å². The van der Waals surface area contributed by atoms with Crippen molar-refractivity contribution in [3.05, 3.63) is 26.0 Å². The van der Waals surface area contributed by atoms with E-state index in [0.717, 1.165) is 18.8 Å². The molecule has 0 fully saturated rings. The summed E-state index contributed by atoms with van der Waals surface area (Å²) in [6.45, 7) is 10.2. The Hall–Kier alpha value is -0.260. The van der Waals surface area contributed by atoms with Crippen molar-refractivity contribution in [1.29, 1.82) is 0 Å². The second-order valence-electron chi connectivity index (χ2n) is 9.10. The van der Waals surface area contributed by atoms with Crippen LogP contribution < -0.4 is 0 Å². The number of unbranched alkanes of at least 4 members (excludes halogenated alkanes) is 18. The van der Waals surface area contributed by atoms with Crippen LogP contribution in [0.25, 0.3) is 0 Å². The Morgan fingerprint density at radius 3 is 1.25 bits per heavy atom. The van der Waals surface area contributed by atoms with Crippen LogP contribution >= 0.6 is 0 Å². The van der Waals surface area contributed by atoms with Crippen molar-refractivity contribution < 1.29 is 0 Å². The third kappa shape index (κ3) is 23.8. The fourth-order valence-corrected chi connectivity index (χ4v) is 3.87. The summed E-state index contributed by atoms with van der Waals surface area (Å²) in [4.78, 5) is 0. The average molecular weight is 391 g/mol. The molecule has 0 aliphatic carbocycles. The molecule has 0 N–H and O–H groups in total. The second-order valence-corrected chi connectivity index (χ2v) is 9.10. The average Bonchev–Trinajstić information content (AvgIpc) is 2.71. The topological polar surface area (TPSA) is 0 Å². The normalized spacial score (nSPS) is 12.8. The summed E-state index contributed by atoms with van der Waals surface area (Å²) in [5.41, 5.74) is 0. The van der Waals surface area contributed by atoms with Crippen molar-refractivity contribution in [1.82, 2.24) is 0 Å². The maximum Gasteiger partial charge on any atom is -0.0351 e. The molecule has 0 aromatic rings. The van der Waals surface area contributed by atoms with E-state index in [9.17, 15) is 0 Å². The minimum absolute atomic E-state index is 0.831. The Kier molecular flexibility index (Phi) is 24.5. The van der Waals surface area contributed by atoms with E-state index in [0.29, 0.717) is 0 Å². The van der Waals surface area contributed by atoms with Crippen LogP contribution in [0.2, 0.25) is 0 Å². The first-order valence-electron chi connectivity index (χ1n) is 13.0. The van der Waals surface area contributed by atoms with Crippen LogP contribution in [0, 0.1) is 19.8 Å². The molecule has 0 nitrogen and oxygen atoms in total. The molecule has 0 aromatic carbocycles. The third-order valence-corrected chi connectivity index (χ3v) is 6.10. The largest absolute Gasteiger partial charge is 0.0885 e. The highest BCUT2D eigenvalue weighted by Crippen LogP contribution is 2.15. The van der Waals surface area contributed by atoms with Gasteiger partial charge in [-0.3, -0.25) is 0 Å². The van der Waals surface area contributed by atoms with E-state index in [1.807, 2.05) is 0 Å². The van der Waals surface area contributed by atoms with Gasteiger partial charge in [0.05, 0.1) is 0 Å². The zero-order chi connectivity index (χ0) is 20.5. The molecule has 0 amide bonds. The quantitative estimate of drug-likeness (QED) is 0.120. The van der Waals surface area contributed by atoms with E-state index >= 15 is 0 Å². The molecular weight excluding hydrogens is 336 g/mol. The van der Waals surface area contributed by atoms with Gasteiger partial charge in [0.1, 0.15) is 0 Å². The van der Waals surface area contributed by atoms with Gasteiger partial charge in [-0.2, -0.15) is 0 Å². The highest BCUT2D eigenvalue weighted by molar-refractivity contribution is 4.81. The minimum Gasteiger partial charge on any atom is -0.0885 e.